The molecule has 0 aliphatic carbocycles. The quantitative estimate of drug-likeness (QED) is 0.0322. The van der Waals surface area contributed by atoms with Gasteiger partial charge in [0.25, 0.3) is 0 Å². The molecule has 3 unspecified atom stereocenters. The SMILES string of the molecule is CCCCC/C=C/C=C/C=C/C=C/CCCCCCCC(=O)OC(CCCCCCCCCCCC)CC(=O)NC(CO)C(O)CCCCCCCCCCCCCCCC. The van der Waals surface area contributed by atoms with E-state index >= 15 is 0 Å². The smallest absolute Gasteiger partial charge is 0.306 e. The highest BCUT2D eigenvalue weighted by atomic mass is 16.5. The molecule has 0 heterocycles. The topological polar surface area (TPSA) is 95.9 Å². The van der Waals surface area contributed by atoms with Crippen LogP contribution in [0.2, 0.25) is 0 Å². The number of esters is 1. The fourth-order valence-corrected chi connectivity index (χ4v) is 7.97. The van der Waals surface area contributed by atoms with E-state index in [4.69, 9.17) is 4.74 Å². The maximum atomic E-state index is 13.2. The predicted molar refractivity (Wildman–Crippen MR) is 264 cm³/mol. The van der Waals surface area contributed by atoms with E-state index in [0.29, 0.717) is 19.3 Å². The fourth-order valence-electron chi connectivity index (χ4n) is 7.97. The van der Waals surface area contributed by atoms with Crippen molar-refractivity contribution in [1.82, 2.24) is 5.32 Å². The lowest BCUT2D eigenvalue weighted by Gasteiger charge is -2.24. The lowest BCUT2D eigenvalue weighted by Crippen LogP contribution is -2.46. The number of aliphatic hydroxyl groups excluding tert-OH is 2. The molecule has 0 bridgehead atoms. The van der Waals surface area contributed by atoms with E-state index in [1.54, 1.807) is 0 Å². The van der Waals surface area contributed by atoms with Gasteiger partial charge in [0.05, 0.1) is 25.2 Å². The van der Waals surface area contributed by atoms with Crippen LogP contribution in [-0.4, -0.2) is 46.9 Å². The van der Waals surface area contributed by atoms with Crippen LogP contribution in [0.3, 0.4) is 0 Å². The molecule has 3 N–H and O–H groups in total. The first-order chi connectivity index (χ1) is 30.0. The van der Waals surface area contributed by atoms with Crippen LogP contribution in [0.15, 0.2) is 48.6 Å². The number of nitrogens with one attached hydrogen (secondary N) is 1. The van der Waals surface area contributed by atoms with Crippen LogP contribution in [0.4, 0.5) is 0 Å². The average Bonchev–Trinajstić information content (AvgIpc) is 3.25. The molecule has 1 amide bonds. The van der Waals surface area contributed by atoms with Gasteiger partial charge in [0.1, 0.15) is 6.10 Å². The zero-order valence-electron chi connectivity index (χ0n) is 40.5. The van der Waals surface area contributed by atoms with Crippen LogP contribution in [-0.2, 0) is 14.3 Å². The van der Waals surface area contributed by atoms with Crippen LogP contribution in [0.5, 0.6) is 0 Å². The maximum Gasteiger partial charge on any atom is 0.306 e. The van der Waals surface area contributed by atoms with Gasteiger partial charge in [0, 0.05) is 6.42 Å². The lowest BCUT2D eigenvalue weighted by atomic mass is 10.0. The monoisotopic (exact) mass is 856 g/mol. The van der Waals surface area contributed by atoms with E-state index in [9.17, 15) is 19.8 Å². The van der Waals surface area contributed by atoms with E-state index in [0.717, 1.165) is 77.0 Å². The lowest BCUT2D eigenvalue weighted by molar-refractivity contribution is -0.151. The molecule has 356 valence electrons. The zero-order valence-corrected chi connectivity index (χ0v) is 40.5. The Labute approximate surface area is 378 Å². The molecule has 0 saturated heterocycles. The highest BCUT2D eigenvalue weighted by molar-refractivity contribution is 5.77. The van der Waals surface area contributed by atoms with Crippen LogP contribution in [0.25, 0.3) is 0 Å². The highest BCUT2D eigenvalue weighted by Crippen LogP contribution is 2.18. The van der Waals surface area contributed by atoms with Gasteiger partial charge in [-0.25, -0.2) is 0 Å². The standard InChI is InChI=1S/C55H101NO5/c1-4-7-10-13-16-19-22-24-26-27-28-29-31-33-36-39-42-45-48-55(60)61-51(46-43-40-37-34-21-18-15-12-9-6-3)49-54(59)56-52(50-57)53(58)47-44-41-38-35-32-30-25-23-20-17-14-11-8-5-2/h16,19,22,24,26-29,51-53,57-58H,4-15,17-18,20-21,23,25,30-50H2,1-3H3,(H,56,59)/b19-16+,24-22+,27-26+,29-28+. The predicted octanol–water partition coefficient (Wildman–Crippen LogP) is 15.8. The van der Waals surface area contributed by atoms with Gasteiger partial charge in [-0.15, -0.1) is 0 Å². The first kappa shape index (κ1) is 58.8. The Bertz CT molecular complexity index is 1050. The van der Waals surface area contributed by atoms with Gasteiger partial charge in [-0.2, -0.15) is 0 Å². The summed E-state index contributed by atoms with van der Waals surface area (Å²) < 4.78 is 5.92. The average molecular weight is 856 g/mol. The third-order valence-corrected chi connectivity index (χ3v) is 12.0. The van der Waals surface area contributed by atoms with E-state index < -0.39 is 18.2 Å². The molecule has 0 rings (SSSR count). The largest absolute Gasteiger partial charge is 0.462 e. The molecular formula is C55H101NO5. The first-order valence-corrected chi connectivity index (χ1v) is 26.4. The minimum Gasteiger partial charge on any atom is -0.462 e. The normalized spacial score (nSPS) is 13.6. The summed E-state index contributed by atoms with van der Waals surface area (Å²) in [6.07, 6.45) is 58.8. The molecule has 61 heavy (non-hydrogen) atoms. The molecule has 0 aromatic carbocycles. The molecule has 0 spiro atoms. The van der Waals surface area contributed by atoms with Crippen LogP contribution in [0, 0.1) is 0 Å². The summed E-state index contributed by atoms with van der Waals surface area (Å²) in [6, 6.07) is -0.704. The number of aliphatic hydroxyl groups is 2. The van der Waals surface area contributed by atoms with Crippen molar-refractivity contribution in [2.45, 2.75) is 283 Å². The van der Waals surface area contributed by atoms with Gasteiger partial charge in [0.2, 0.25) is 5.91 Å². The number of allylic oxidation sites excluding steroid dienone is 8. The second-order valence-electron chi connectivity index (χ2n) is 18.0. The van der Waals surface area contributed by atoms with Gasteiger partial charge in [0.15, 0.2) is 0 Å². The third kappa shape index (κ3) is 44.2. The second-order valence-corrected chi connectivity index (χ2v) is 18.0. The van der Waals surface area contributed by atoms with Gasteiger partial charge in [-0.3, -0.25) is 9.59 Å². The number of amides is 1. The summed E-state index contributed by atoms with van der Waals surface area (Å²) in [7, 11) is 0. The highest BCUT2D eigenvalue weighted by Gasteiger charge is 2.24. The molecule has 0 aromatic rings. The fraction of sp³-hybridized carbons (Fsp3) is 0.818. The summed E-state index contributed by atoms with van der Waals surface area (Å²) >= 11 is 0. The van der Waals surface area contributed by atoms with Crippen molar-refractivity contribution in [3.05, 3.63) is 48.6 Å². The van der Waals surface area contributed by atoms with Gasteiger partial charge >= 0.3 is 5.97 Å². The minimum atomic E-state index is -0.790. The van der Waals surface area contributed by atoms with Crippen molar-refractivity contribution in [1.29, 1.82) is 0 Å². The van der Waals surface area contributed by atoms with Gasteiger partial charge in [-0.1, -0.05) is 249 Å². The number of hydrogen-bond donors (Lipinski definition) is 3. The van der Waals surface area contributed by atoms with E-state index in [1.807, 2.05) is 0 Å². The Morgan fingerprint density at radius 1 is 0.475 bits per heavy atom. The molecule has 6 heteroatoms. The Kier molecular flexibility index (Phi) is 47.1. The van der Waals surface area contributed by atoms with Crippen LogP contribution in [0.1, 0.15) is 265 Å². The molecule has 0 saturated carbocycles. The van der Waals surface area contributed by atoms with E-state index in [-0.39, 0.29) is 24.9 Å². The molecular weight excluding hydrogens is 755 g/mol. The molecule has 0 aliphatic rings. The van der Waals surface area contributed by atoms with Crippen molar-refractivity contribution in [3.8, 4) is 0 Å². The summed E-state index contributed by atoms with van der Waals surface area (Å²) in [5, 5.41) is 23.8. The molecule has 3 atom stereocenters. The molecule has 0 aromatic heterocycles. The molecule has 6 nitrogen and oxygen atoms in total. The number of unbranched alkanes of at least 4 members (excludes halogenated alkanes) is 30. The zero-order chi connectivity index (χ0) is 44.5. The number of rotatable bonds is 47. The summed E-state index contributed by atoms with van der Waals surface area (Å²) in [4.78, 5) is 26.1. The van der Waals surface area contributed by atoms with Gasteiger partial charge in [-0.05, 0) is 51.4 Å². The van der Waals surface area contributed by atoms with Crippen molar-refractivity contribution in [2.75, 3.05) is 6.61 Å². The van der Waals surface area contributed by atoms with Crippen LogP contribution < -0.4 is 5.32 Å². The maximum absolute atomic E-state index is 13.2. The Hall–Kier alpha value is -2.18. The number of carbonyl (C=O) groups is 2. The summed E-state index contributed by atoms with van der Waals surface area (Å²) in [5.41, 5.74) is 0. The Morgan fingerprint density at radius 2 is 0.836 bits per heavy atom. The second kappa shape index (κ2) is 48.8. The van der Waals surface area contributed by atoms with Crippen molar-refractivity contribution < 1.29 is 24.5 Å². The van der Waals surface area contributed by atoms with E-state index in [1.165, 1.54) is 141 Å². The first-order valence-electron chi connectivity index (χ1n) is 26.4. The molecule has 0 aliphatic heterocycles. The summed E-state index contributed by atoms with van der Waals surface area (Å²) in [6.45, 7) is 6.44. The Balaban J connectivity index is 4.52. The van der Waals surface area contributed by atoms with Crippen molar-refractivity contribution >= 4 is 11.9 Å². The molecule has 0 fully saturated rings. The summed E-state index contributed by atoms with van der Waals surface area (Å²) in [5.74, 6) is -0.493. The molecule has 0 radical (unpaired) electrons. The number of carbonyl (C=O) groups excluding carboxylic acids is 2. The van der Waals surface area contributed by atoms with Gasteiger partial charge < -0.3 is 20.3 Å². The van der Waals surface area contributed by atoms with Crippen molar-refractivity contribution in [2.24, 2.45) is 0 Å². The Morgan fingerprint density at radius 3 is 1.30 bits per heavy atom. The van der Waals surface area contributed by atoms with Crippen LogP contribution >= 0.6 is 0 Å². The van der Waals surface area contributed by atoms with E-state index in [2.05, 4.69) is 74.7 Å². The third-order valence-electron chi connectivity index (χ3n) is 12.0. The minimum absolute atomic E-state index is 0.0699. The van der Waals surface area contributed by atoms with Crippen molar-refractivity contribution in [3.63, 3.8) is 0 Å². The number of ether oxygens (including phenoxy) is 1. The number of hydrogen-bond acceptors (Lipinski definition) is 5.